The lowest BCUT2D eigenvalue weighted by atomic mass is 9.78. The summed E-state index contributed by atoms with van der Waals surface area (Å²) in [6, 6.07) is 4.90. The van der Waals surface area contributed by atoms with Crippen LogP contribution < -0.4 is 15.2 Å². The summed E-state index contributed by atoms with van der Waals surface area (Å²) in [6.07, 6.45) is -0.0106. The Kier molecular flexibility index (Phi) is 4.78. The van der Waals surface area contributed by atoms with E-state index in [4.69, 9.17) is 20.3 Å². The Morgan fingerprint density at radius 3 is 2.47 bits per heavy atom. The van der Waals surface area contributed by atoms with Gasteiger partial charge in [0.25, 0.3) is 0 Å². The van der Waals surface area contributed by atoms with Crippen molar-refractivity contribution in [2.24, 2.45) is 11.1 Å². The van der Waals surface area contributed by atoms with E-state index >= 15 is 0 Å². The van der Waals surface area contributed by atoms with Gasteiger partial charge in [-0.1, -0.05) is 19.9 Å². The van der Waals surface area contributed by atoms with E-state index in [1.165, 1.54) is 0 Å². The van der Waals surface area contributed by atoms with E-state index in [9.17, 15) is 4.79 Å². The molecular weight excluding hydrogens is 246 g/mol. The number of carbonyl (C=O) groups is 1. The third kappa shape index (κ3) is 3.61. The standard InChI is InChI=1S/C14H21NO4/c1-14(2,8-12(16)17)13(15)10-6-5-9(18-3)7-11(10)19-4/h5-7,13H,8,15H2,1-4H3,(H,16,17). The molecule has 0 spiro atoms. The summed E-state index contributed by atoms with van der Waals surface area (Å²) in [7, 11) is 3.12. The molecule has 106 valence electrons. The second-order valence-corrected chi connectivity index (χ2v) is 5.14. The molecule has 19 heavy (non-hydrogen) atoms. The number of rotatable bonds is 6. The number of aliphatic carboxylic acids is 1. The number of carboxylic acid groups (broad SMARTS) is 1. The maximum atomic E-state index is 10.9. The van der Waals surface area contributed by atoms with Gasteiger partial charge < -0.3 is 20.3 Å². The van der Waals surface area contributed by atoms with Gasteiger partial charge in [-0.3, -0.25) is 4.79 Å². The first-order chi connectivity index (χ1) is 8.81. The van der Waals surface area contributed by atoms with Crippen LogP contribution in [0.1, 0.15) is 31.9 Å². The quantitative estimate of drug-likeness (QED) is 0.825. The fourth-order valence-electron chi connectivity index (χ4n) is 2.00. The second-order valence-electron chi connectivity index (χ2n) is 5.14. The number of hydrogen-bond acceptors (Lipinski definition) is 4. The second kappa shape index (κ2) is 5.93. The number of ether oxygens (including phenoxy) is 2. The molecular formula is C14H21NO4. The summed E-state index contributed by atoms with van der Waals surface area (Å²) >= 11 is 0. The zero-order valence-electron chi connectivity index (χ0n) is 11.8. The van der Waals surface area contributed by atoms with E-state index in [0.29, 0.717) is 11.5 Å². The Hall–Kier alpha value is -1.75. The van der Waals surface area contributed by atoms with Gasteiger partial charge in [-0.25, -0.2) is 0 Å². The molecule has 0 amide bonds. The van der Waals surface area contributed by atoms with Crippen molar-refractivity contribution in [3.63, 3.8) is 0 Å². The van der Waals surface area contributed by atoms with Crippen molar-refractivity contribution in [1.82, 2.24) is 0 Å². The fraction of sp³-hybridized carbons (Fsp3) is 0.500. The van der Waals surface area contributed by atoms with E-state index < -0.39 is 17.4 Å². The van der Waals surface area contributed by atoms with Gasteiger partial charge in [0.1, 0.15) is 11.5 Å². The van der Waals surface area contributed by atoms with Gasteiger partial charge in [-0.2, -0.15) is 0 Å². The van der Waals surface area contributed by atoms with Crippen molar-refractivity contribution in [2.75, 3.05) is 14.2 Å². The topological polar surface area (TPSA) is 81.8 Å². The van der Waals surface area contributed by atoms with Crippen molar-refractivity contribution in [3.05, 3.63) is 23.8 Å². The van der Waals surface area contributed by atoms with E-state index in [-0.39, 0.29) is 6.42 Å². The SMILES string of the molecule is COc1ccc(C(N)C(C)(C)CC(=O)O)c(OC)c1. The molecule has 0 aliphatic heterocycles. The Balaban J connectivity index is 3.11. The van der Waals surface area contributed by atoms with E-state index in [0.717, 1.165) is 5.56 Å². The lowest BCUT2D eigenvalue weighted by molar-refractivity contribution is -0.139. The molecule has 5 heteroatoms. The van der Waals surface area contributed by atoms with Crippen LogP contribution in [0.4, 0.5) is 0 Å². The third-order valence-corrected chi connectivity index (χ3v) is 3.22. The maximum Gasteiger partial charge on any atom is 0.303 e. The van der Waals surface area contributed by atoms with Gasteiger partial charge in [0.05, 0.1) is 20.6 Å². The van der Waals surface area contributed by atoms with Gasteiger partial charge in [0.2, 0.25) is 0 Å². The average Bonchev–Trinajstić information content (AvgIpc) is 2.35. The van der Waals surface area contributed by atoms with Crippen LogP contribution in [0.2, 0.25) is 0 Å². The van der Waals surface area contributed by atoms with Crippen LogP contribution in [-0.2, 0) is 4.79 Å². The molecule has 1 unspecified atom stereocenters. The summed E-state index contributed by atoms with van der Waals surface area (Å²) in [4.78, 5) is 10.9. The Bertz CT molecular complexity index is 457. The molecule has 0 saturated carbocycles. The first-order valence-corrected chi connectivity index (χ1v) is 6.01. The Morgan fingerprint density at radius 2 is 2.00 bits per heavy atom. The molecule has 0 radical (unpaired) electrons. The van der Waals surface area contributed by atoms with Crippen molar-refractivity contribution in [2.45, 2.75) is 26.3 Å². The molecule has 0 fully saturated rings. The molecule has 1 atom stereocenters. The smallest absolute Gasteiger partial charge is 0.303 e. The number of carboxylic acids is 1. The Morgan fingerprint density at radius 1 is 1.37 bits per heavy atom. The largest absolute Gasteiger partial charge is 0.497 e. The predicted molar refractivity (Wildman–Crippen MR) is 72.5 cm³/mol. The molecule has 0 aliphatic carbocycles. The molecule has 0 heterocycles. The highest BCUT2D eigenvalue weighted by Crippen LogP contribution is 2.39. The Labute approximate surface area is 113 Å². The molecule has 3 N–H and O–H groups in total. The van der Waals surface area contributed by atoms with Crippen LogP contribution in [0.3, 0.4) is 0 Å². The van der Waals surface area contributed by atoms with Crippen molar-refractivity contribution in [3.8, 4) is 11.5 Å². The minimum Gasteiger partial charge on any atom is -0.497 e. The highest BCUT2D eigenvalue weighted by molar-refractivity contribution is 5.67. The minimum atomic E-state index is -0.868. The monoisotopic (exact) mass is 267 g/mol. The van der Waals surface area contributed by atoms with E-state index in [1.807, 2.05) is 19.9 Å². The minimum absolute atomic E-state index is 0.0106. The molecule has 0 aromatic heterocycles. The summed E-state index contributed by atoms with van der Waals surface area (Å²) in [5.41, 5.74) is 6.40. The molecule has 0 saturated heterocycles. The summed E-state index contributed by atoms with van der Waals surface area (Å²) in [5, 5.41) is 8.95. The van der Waals surface area contributed by atoms with Gasteiger partial charge in [0, 0.05) is 17.7 Å². The number of nitrogens with two attached hydrogens (primary N) is 1. The van der Waals surface area contributed by atoms with Crippen LogP contribution in [0.5, 0.6) is 11.5 Å². The van der Waals surface area contributed by atoms with Crippen molar-refractivity contribution in [1.29, 1.82) is 0 Å². The van der Waals surface area contributed by atoms with Gasteiger partial charge in [0.15, 0.2) is 0 Å². The highest BCUT2D eigenvalue weighted by atomic mass is 16.5. The molecule has 1 aromatic rings. The van der Waals surface area contributed by atoms with E-state index in [2.05, 4.69) is 0 Å². The van der Waals surface area contributed by atoms with Gasteiger partial charge in [-0.05, 0) is 11.5 Å². The normalized spacial score (nSPS) is 12.9. The van der Waals surface area contributed by atoms with Crippen LogP contribution in [0, 0.1) is 5.41 Å². The first kappa shape index (κ1) is 15.3. The fourth-order valence-corrected chi connectivity index (χ4v) is 2.00. The number of hydrogen-bond donors (Lipinski definition) is 2. The number of benzene rings is 1. The summed E-state index contributed by atoms with van der Waals surface area (Å²) < 4.78 is 10.4. The average molecular weight is 267 g/mol. The summed E-state index contributed by atoms with van der Waals surface area (Å²) in [6.45, 7) is 3.66. The number of methoxy groups -OCH3 is 2. The highest BCUT2D eigenvalue weighted by Gasteiger charge is 2.32. The zero-order chi connectivity index (χ0) is 14.6. The predicted octanol–water partition coefficient (Wildman–Crippen LogP) is 2.20. The summed E-state index contributed by atoms with van der Waals surface area (Å²) in [5.74, 6) is 0.405. The lowest BCUT2D eigenvalue weighted by Crippen LogP contribution is -2.31. The van der Waals surface area contributed by atoms with E-state index in [1.54, 1.807) is 26.4 Å². The molecule has 1 aromatic carbocycles. The molecule has 5 nitrogen and oxygen atoms in total. The van der Waals surface area contributed by atoms with Crippen LogP contribution in [0.25, 0.3) is 0 Å². The maximum absolute atomic E-state index is 10.9. The van der Waals surface area contributed by atoms with Crippen LogP contribution >= 0.6 is 0 Å². The lowest BCUT2D eigenvalue weighted by Gasteiger charge is -2.31. The van der Waals surface area contributed by atoms with Crippen LogP contribution in [-0.4, -0.2) is 25.3 Å². The zero-order valence-corrected chi connectivity index (χ0v) is 11.8. The van der Waals surface area contributed by atoms with Crippen molar-refractivity contribution >= 4 is 5.97 Å². The molecule has 0 bridgehead atoms. The first-order valence-electron chi connectivity index (χ1n) is 6.01. The third-order valence-electron chi connectivity index (χ3n) is 3.22. The van der Waals surface area contributed by atoms with Gasteiger partial charge in [-0.15, -0.1) is 0 Å². The van der Waals surface area contributed by atoms with Crippen LogP contribution in [0.15, 0.2) is 18.2 Å². The van der Waals surface area contributed by atoms with Crippen molar-refractivity contribution < 1.29 is 19.4 Å². The van der Waals surface area contributed by atoms with Gasteiger partial charge >= 0.3 is 5.97 Å². The molecule has 1 rings (SSSR count). The molecule has 0 aliphatic rings.